The van der Waals surface area contributed by atoms with Gasteiger partial charge in [0.1, 0.15) is 5.82 Å². The number of carbonyl (C=O) groups is 1. The lowest BCUT2D eigenvalue weighted by Crippen LogP contribution is -2.26. The Balaban J connectivity index is 1.52. The van der Waals surface area contributed by atoms with E-state index >= 15 is 0 Å². The number of aromatic nitrogens is 3. The fourth-order valence-electron chi connectivity index (χ4n) is 4.51. The lowest BCUT2D eigenvalue weighted by molar-refractivity contribution is 0.0748. The molecule has 5 rings (SSSR count). The van der Waals surface area contributed by atoms with Crippen LogP contribution < -0.4 is 14.2 Å². The van der Waals surface area contributed by atoms with Gasteiger partial charge in [0, 0.05) is 23.5 Å². The Labute approximate surface area is 204 Å². The summed E-state index contributed by atoms with van der Waals surface area (Å²) in [6, 6.07) is 13.7. The number of benzene rings is 2. The summed E-state index contributed by atoms with van der Waals surface area (Å²) in [6.45, 7) is 5.06. The molecule has 8 nitrogen and oxygen atoms in total. The van der Waals surface area contributed by atoms with Crippen molar-refractivity contribution in [1.29, 1.82) is 0 Å². The van der Waals surface area contributed by atoms with E-state index in [1.807, 2.05) is 29.2 Å². The minimum atomic E-state index is -0.126. The highest BCUT2D eigenvalue weighted by Gasteiger charge is 2.32. The Kier molecular flexibility index (Phi) is 5.72. The van der Waals surface area contributed by atoms with Gasteiger partial charge >= 0.3 is 0 Å². The molecular weight excluding hydrogens is 444 g/mol. The SMILES string of the molecule is COc1cc(C(=O)N2Cc3nn(-c4ccc(C)c(C)c4)c(-n4cccc4)c3C2)cc(OC)c1OC. The molecule has 0 atom stereocenters. The van der Waals surface area contributed by atoms with E-state index in [1.165, 1.54) is 32.5 Å². The van der Waals surface area contributed by atoms with Crippen LogP contribution in [0.2, 0.25) is 0 Å². The molecule has 0 unspecified atom stereocenters. The van der Waals surface area contributed by atoms with Crippen LogP contribution in [0.3, 0.4) is 0 Å². The molecule has 8 heteroatoms. The first-order valence-corrected chi connectivity index (χ1v) is 11.4. The summed E-state index contributed by atoms with van der Waals surface area (Å²) in [5.41, 5.74) is 5.81. The second-order valence-electron chi connectivity index (χ2n) is 8.59. The van der Waals surface area contributed by atoms with Crippen molar-refractivity contribution >= 4 is 5.91 Å². The summed E-state index contributed by atoms with van der Waals surface area (Å²) in [5, 5.41) is 4.94. The smallest absolute Gasteiger partial charge is 0.254 e. The maximum atomic E-state index is 13.5. The highest BCUT2D eigenvalue weighted by Crippen LogP contribution is 2.39. The summed E-state index contributed by atoms with van der Waals surface area (Å²) in [6.07, 6.45) is 4.00. The number of hydrogen-bond acceptors (Lipinski definition) is 5. The van der Waals surface area contributed by atoms with Gasteiger partial charge in [0.15, 0.2) is 11.5 Å². The Morgan fingerprint density at radius 3 is 2.17 bits per heavy atom. The monoisotopic (exact) mass is 472 g/mol. The lowest BCUT2D eigenvalue weighted by Gasteiger charge is -2.19. The molecule has 0 bridgehead atoms. The Morgan fingerprint density at radius 2 is 1.57 bits per heavy atom. The van der Waals surface area contributed by atoms with E-state index in [-0.39, 0.29) is 5.91 Å². The number of aryl methyl sites for hydroxylation is 2. The van der Waals surface area contributed by atoms with Crippen molar-refractivity contribution < 1.29 is 19.0 Å². The fraction of sp³-hybridized carbons (Fsp3) is 0.259. The van der Waals surface area contributed by atoms with Gasteiger partial charge in [-0.1, -0.05) is 6.07 Å². The van der Waals surface area contributed by atoms with Crippen molar-refractivity contribution in [3.05, 3.63) is 82.8 Å². The number of hydrogen-bond donors (Lipinski definition) is 0. The zero-order chi connectivity index (χ0) is 24.7. The van der Waals surface area contributed by atoms with Gasteiger partial charge in [-0.25, -0.2) is 4.68 Å². The van der Waals surface area contributed by atoms with Crippen LogP contribution in [0.1, 0.15) is 32.7 Å². The molecule has 2 aromatic heterocycles. The van der Waals surface area contributed by atoms with E-state index in [0.29, 0.717) is 35.9 Å². The first kappa shape index (κ1) is 22.6. The minimum absolute atomic E-state index is 0.126. The average molecular weight is 473 g/mol. The Hall–Kier alpha value is -4.20. The number of nitrogens with zero attached hydrogens (tertiary/aromatic N) is 4. The summed E-state index contributed by atoms with van der Waals surface area (Å²) in [5.74, 6) is 2.16. The van der Waals surface area contributed by atoms with Crippen LogP contribution in [-0.2, 0) is 13.1 Å². The predicted octanol–water partition coefficient (Wildman–Crippen LogP) is 4.46. The van der Waals surface area contributed by atoms with Gasteiger partial charge < -0.3 is 23.7 Å². The Bertz CT molecular complexity index is 1380. The molecule has 0 fully saturated rings. The normalized spacial score (nSPS) is 12.5. The molecule has 1 aliphatic rings. The largest absolute Gasteiger partial charge is 0.493 e. The molecule has 0 radical (unpaired) electrons. The van der Waals surface area contributed by atoms with Crippen LogP contribution in [0.25, 0.3) is 11.5 Å². The molecule has 1 aliphatic heterocycles. The molecule has 0 spiro atoms. The fourth-order valence-corrected chi connectivity index (χ4v) is 4.51. The van der Waals surface area contributed by atoms with E-state index in [1.54, 1.807) is 17.0 Å². The summed E-state index contributed by atoms with van der Waals surface area (Å²) in [4.78, 5) is 15.3. The molecule has 0 N–H and O–H groups in total. The summed E-state index contributed by atoms with van der Waals surface area (Å²) < 4.78 is 20.3. The minimum Gasteiger partial charge on any atom is -0.493 e. The molecule has 0 saturated heterocycles. The molecule has 35 heavy (non-hydrogen) atoms. The third-order valence-corrected chi connectivity index (χ3v) is 6.51. The number of ether oxygens (including phenoxy) is 3. The molecule has 1 amide bonds. The first-order valence-electron chi connectivity index (χ1n) is 11.4. The quantitative estimate of drug-likeness (QED) is 0.414. The van der Waals surface area contributed by atoms with Gasteiger partial charge in [-0.15, -0.1) is 0 Å². The standard InChI is InChI=1S/C27H28N4O4/c1-17-8-9-20(12-18(17)2)31-26(29-10-6-7-11-29)21-15-30(16-22(21)28-31)27(32)19-13-23(33-3)25(35-5)24(14-19)34-4/h6-14H,15-16H2,1-5H3. The van der Waals surface area contributed by atoms with Gasteiger partial charge in [-0.2, -0.15) is 5.10 Å². The second kappa shape index (κ2) is 8.87. The molecule has 4 aromatic rings. The zero-order valence-corrected chi connectivity index (χ0v) is 20.5. The number of fused-ring (bicyclic) bond motifs is 1. The average Bonchev–Trinajstić information content (AvgIpc) is 3.60. The second-order valence-corrected chi connectivity index (χ2v) is 8.59. The van der Waals surface area contributed by atoms with Crippen LogP contribution in [0.5, 0.6) is 17.2 Å². The number of carbonyl (C=O) groups excluding carboxylic acids is 1. The summed E-state index contributed by atoms with van der Waals surface area (Å²) in [7, 11) is 4.62. The molecule has 3 heterocycles. The third kappa shape index (κ3) is 3.80. The van der Waals surface area contributed by atoms with Crippen LogP contribution in [-0.4, -0.2) is 46.5 Å². The van der Waals surface area contributed by atoms with Crippen molar-refractivity contribution in [2.45, 2.75) is 26.9 Å². The Morgan fingerprint density at radius 1 is 0.886 bits per heavy atom. The van der Waals surface area contributed by atoms with Crippen molar-refractivity contribution in [2.75, 3.05) is 21.3 Å². The molecule has 0 aliphatic carbocycles. The predicted molar refractivity (Wildman–Crippen MR) is 132 cm³/mol. The van der Waals surface area contributed by atoms with Gasteiger partial charge in [-0.05, 0) is 61.4 Å². The summed E-state index contributed by atoms with van der Waals surface area (Å²) >= 11 is 0. The van der Waals surface area contributed by atoms with Crippen molar-refractivity contribution in [3.8, 4) is 28.8 Å². The third-order valence-electron chi connectivity index (χ3n) is 6.51. The molecule has 180 valence electrons. The molecular formula is C27H28N4O4. The van der Waals surface area contributed by atoms with E-state index in [4.69, 9.17) is 19.3 Å². The highest BCUT2D eigenvalue weighted by molar-refractivity contribution is 5.96. The van der Waals surface area contributed by atoms with Gasteiger partial charge in [0.05, 0.1) is 45.8 Å². The van der Waals surface area contributed by atoms with Gasteiger partial charge in [-0.3, -0.25) is 4.79 Å². The van der Waals surface area contributed by atoms with Gasteiger partial charge in [0.2, 0.25) is 5.75 Å². The van der Waals surface area contributed by atoms with E-state index in [9.17, 15) is 4.79 Å². The van der Waals surface area contributed by atoms with E-state index in [2.05, 4.69) is 36.6 Å². The van der Waals surface area contributed by atoms with Crippen molar-refractivity contribution in [1.82, 2.24) is 19.2 Å². The van der Waals surface area contributed by atoms with Crippen LogP contribution >= 0.6 is 0 Å². The van der Waals surface area contributed by atoms with E-state index < -0.39 is 0 Å². The molecule has 0 saturated carbocycles. The van der Waals surface area contributed by atoms with Crippen LogP contribution in [0.15, 0.2) is 54.9 Å². The number of rotatable bonds is 6. The molecule has 2 aromatic carbocycles. The number of methoxy groups -OCH3 is 3. The first-order chi connectivity index (χ1) is 16.9. The van der Waals surface area contributed by atoms with Crippen molar-refractivity contribution in [2.24, 2.45) is 0 Å². The lowest BCUT2D eigenvalue weighted by atomic mass is 10.1. The number of amides is 1. The highest BCUT2D eigenvalue weighted by atomic mass is 16.5. The van der Waals surface area contributed by atoms with Crippen LogP contribution in [0, 0.1) is 13.8 Å². The van der Waals surface area contributed by atoms with Gasteiger partial charge in [0.25, 0.3) is 5.91 Å². The topological polar surface area (TPSA) is 70.8 Å². The van der Waals surface area contributed by atoms with Crippen LogP contribution in [0.4, 0.5) is 0 Å². The zero-order valence-electron chi connectivity index (χ0n) is 20.5. The maximum Gasteiger partial charge on any atom is 0.254 e. The van der Waals surface area contributed by atoms with E-state index in [0.717, 1.165) is 22.8 Å². The maximum absolute atomic E-state index is 13.5. The van der Waals surface area contributed by atoms with Crippen molar-refractivity contribution in [3.63, 3.8) is 0 Å².